The Morgan fingerprint density at radius 3 is 2.38 bits per heavy atom. The van der Waals surface area contributed by atoms with Crippen LogP contribution in [0.25, 0.3) is 0 Å². The number of hydrogen-bond acceptors (Lipinski definition) is 6. The third-order valence-corrected chi connectivity index (χ3v) is 3.34. The van der Waals surface area contributed by atoms with Gasteiger partial charge in [-0.05, 0) is 12.8 Å². The summed E-state index contributed by atoms with van der Waals surface area (Å²) in [6.07, 6.45) is 1.91. The van der Waals surface area contributed by atoms with Crippen molar-refractivity contribution in [2.75, 3.05) is 59.8 Å². The molecule has 0 atom stereocenters. The summed E-state index contributed by atoms with van der Waals surface area (Å²) in [6, 6.07) is 0.199. The molecule has 0 aromatic heterocycles. The highest BCUT2D eigenvalue weighted by Crippen LogP contribution is 2.13. The van der Waals surface area contributed by atoms with Gasteiger partial charge in [-0.3, -0.25) is 0 Å². The third kappa shape index (κ3) is 8.71. The maximum atomic E-state index is 6.78. The number of piperidine rings is 1. The van der Waals surface area contributed by atoms with E-state index in [4.69, 9.17) is 25.5 Å². The van der Waals surface area contributed by atoms with Gasteiger partial charge in [0.25, 0.3) is 0 Å². The Kier molecular flexibility index (Phi) is 9.88. The lowest BCUT2D eigenvalue weighted by atomic mass is 10.1. The van der Waals surface area contributed by atoms with Crippen LogP contribution in [0, 0.1) is 5.53 Å². The lowest BCUT2D eigenvalue weighted by Crippen LogP contribution is -2.38. The van der Waals surface area contributed by atoms with E-state index < -0.39 is 0 Å². The fourth-order valence-electron chi connectivity index (χ4n) is 2.15. The van der Waals surface area contributed by atoms with Crippen LogP contribution in [0.3, 0.4) is 0 Å². The molecule has 0 spiro atoms. The van der Waals surface area contributed by atoms with Gasteiger partial charge in [0, 0.05) is 26.7 Å². The number of hydrogen-bond donors (Lipinski definition) is 2. The summed E-state index contributed by atoms with van der Waals surface area (Å²) in [5, 5.41) is 3.12. The topological polar surface area (TPSA) is 106 Å². The van der Waals surface area contributed by atoms with E-state index in [1.165, 1.54) is 0 Å². The first-order valence-corrected chi connectivity index (χ1v) is 7.33. The highest BCUT2D eigenvalue weighted by Gasteiger charge is 2.18. The number of ether oxygens (including phenoxy) is 3. The Morgan fingerprint density at radius 2 is 1.76 bits per heavy atom. The number of methoxy groups -OCH3 is 1. The van der Waals surface area contributed by atoms with Crippen LogP contribution >= 0.6 is 0 Å². The number of aliphatic imine (C=N–C) groups is 1. The Balaban J connectivity index is 1.97. The van der Waals surface area contributed by atoms with E-state index in [-0.39, 0.29) is 12.0 Å². The summed E-state index contributed by atoms with van der Waals surface area (Å²) in [5.74, 6) is 0.0743. The van der Waals surface area contributed by atoms with E-state index in [9.17, 15) is 0 Å². The van der Waals surface area contributed by atoms with E-state index in [0.717, 1.165) is 32.5 Å². The van der Waals surface area contributed by atoms with Crippen LogP contribution in [0.5, 0.6) is 0 Å². The van der Waals surface area contributed by atoms with E-state index in [1.54, 1.807) is 7.11 Å². The van der Waals surface area contributed by atoms with Crippen LogP contribution in [0.4, 0.5) is 0 Å². The van der Waals surface area contributed by atoms with Crippen molar-refractivity contribution in [1.82, 2.24) is 4.90 Å². The third-order valence-electron chi connectivity index (χ3n) is 3.34. The minimum Gasteiger partial charge on any atom is -0.382 e. The molecule has 0 amide bonds. The first-order chi connectivity index (χ1) is 10.3. The maximum absolute atomic E-state index is 6.78. The average Bonchev–Trinajstić information content (AvgIpc) is 2.51. The summed E-state index contributed by atoms with van der Waals surface area (Å²) < 4.78 is 15.7. The summed E-state index contributed by atoms with van der Waals surface area (Å²) in [6.45, 7) is 6.05. The summed E-state index contributed by atoms with van der Waals surface area (Å²) in [7, 11) is 1.66. The standard InChI is InChI=1S/C13H27N5O3/c1-19-8-9-21-11-10-20-7-6-18-4-2-12(3-5-18)16-13(14)17-15/h12,15H,2-11H2,1H3,(H2,14,16). The number of likely N-dealkylation sites (tertiary alicyclic amines) is 1. The molecule has 3 N–H and O–H groups in total. The van der Waals surface area contributed by atoms with Gasteiger partial charge in [-0.15, -0.1) is 5.11 Å². The zero-order valence-corrected chi connectivity index (χ0v) is 12.8. The fraction of sp³-hybridized carbons (Fsp3) is 0.923. The van der Waals surface area contributed by atoms with Crippen molar-refractivity contribution in [1.29, 1.82) is 5.53 Å². The van der Waals surface area contributed by atoms with Gasteiger partial charge < -0.3 is 24.8 Å². The highest BCUT2D eigenvalue weighted by atomic mass is 16.5. The van der Waals surface area contributed by atoms with Gasteiger partial charge in [-0.2, -0.15) is 0 Å². The number of guanidine groups is 1. The van der Waals surface area contributed by atoms with E-state index in [1.807, 2.05) is 0 Å². The monoisotopic (exact) mass is 301 g/mol. The number of nitrogens with one attached hydrogen (secondary N) is 1. The molecular formula is C13H27N5O3. The molecule has 1 fully saturated rings. The van der Waals surface area contributed by atoms with Gasteiger partial charge in [0.15, 0.2) is 0 Å². The van der Waals surface area contributed by atoms with Crippen molar-refractivity contribution in [2.24, 2.45) is 15.8 Å². The molecule has 1 rings (SSSR count). The molecule has 0 radical (unpaired) electrons. The van der Waals surface area contributed by atoms with Gasteiger partial charge in [-0.25, -0.2) is 10.5 Å². The van der Waals surface area contributed by atoms with Crippen molar-refractivity contribution in [3.63, 3.8) is 0 Å². The lowest BCUT2D eigenvalue weighted by molar-refractivity contribution is 0.0181. The predicted molar refractivity (Wildman–Crippen MR) is 79.7 cm³/mol. The van der Waals surface area contributed by atoms with Gasteiger partial charge >= 0.3 is 0 Å². The zero-order valence-electron chi connectivity index (χ0n) is 12.8. The second kappa shape index (κ2) is 11.6. The van der Waals surface area contributed by atoms with Gasteiger partial charge in [0.2, 0.25) is 5.96 Å². The first kappa shape index (κ1) is 18.0. The quantitative estimate of drug-likeness (QED) is 0.264. The SMILES string of the molecule is COCCOCCOCCN1CCC(N=C(N)N=N)CC1. The predicted octanol–water partition coefficient (Wildman–Crippen LogP) is 0.476. The first-order valence-electron chi connectivity index (χ1n) is 7.33. The molecular weight excluding hydrogens is 274 g/mol. The van der Waals surface area contributed by atoms with Crippen LogP contribution in [-0.2, 0) is 14.2 Å². The molecule has 8 nitrogen and oxygen atoms in total. The van der Waals surface area contributed by atoms with Crippen molar-refractivity contribution in [2.45, 2.75) is 18.9 Å². The Labute approximate surface area is 126 Å². The molecule has 1 aliphatic heterocycles. The van der Waals surface area contributed by atoms with Crippen molar-refractivity contribution < 1.29 is 14.2 Å². The van der Waals surface area contributed by atoms with Crippen molar-refractivity contribution in [3.05, 3.63) is 0 Å². The Hall–Kier alpha value is -1.09. The zero-order chi connectivity index (χ0) is 15.3. The molecule has 0 aromatic rings. The molecule has 0 bridgehead atoms. The molecule has 122 valence electrons. The molecule has 1 aliphatic rings. The number of rotatable bonds is 10. The Morgan fingerprint density at radius 1 is 1.14 bits per heavy atom. The number of nitrogens with zero attached hydrogens (tertiary/aromatic N) is 3. The van der Waals surface area contributed by atoms with Crippen molar-refractivity contribution in [3.8, 4) is 0 Å². The summed E-state index contributed by atoms with van der Waals surface area (Å²) in [4.78, 5) is 6.54. The lowest BCUT2D eigenvalue weighted by Gasteiger charge is -2.29. The van der Waals surface area contributed by atoms with Crippen LogP contribution < -0.4 is 5.73 Å². The molecule has 0 aliphatic carbocycles. The molecule has 1 saturated heterocycles. The molecule has 1 heterocycles. The average molecular weight is 301 g/mol. The Bertz CT molecular complexity index is 306. The minimum atomic E-state index is 0.0743. The van der Waals surface area contributed by atoms with Crippen molar-refractivity contribution >= 4 is 5.96 Å². The van der Waals surface area contributed by atoms with E-state index in [0.29, 0.717) is 33.0 Å². The number of nitrogens with two attached hydrogens (primary N) is 1. The molecule has 8 heteroatoms. The molecule has 0 unspecified atom stereocenters. The highest BCUT2D eigenvalue weighted by molar-refractivity contribution is 5.77. The second-order valence-corrected chi connectivity index (χ2v) is 4.89. The largest absolute Gasteiger partial charge is 0.382 e. The molecule has 21 heavy (non-hydrogen) atoms. The van der Waals surface area contributed by atoms with E-state index >= 15 is 0 Å². The molecule has 0 aromatic carbocycles. The minimum absolute atomic E-state index is 0.0743. The maximum Gasteiger partial charge on any atom is 0.235 e. The van der Waals surface area contributed by atoms with Crippen LogP contribution in [-0.4, -0.2) is 76.7 Å². The fourth-order valence-corrected chi connectivity index (χ4v) is 2.15. The summed E-state index contributed by atoms with van der Waals surface area (Å²) in [5.41, 5.74) is 12.2. The normalized spacial score (nSPS) is 18.0. The second-order valence-electron chi connectivity index (χ2n) is 4.89. The summed E-state index contributed by atoms with van der Waals surface area (Å²) >= 11 is 0. The van der Waals surface area contributed by atoms with Gasteiger partial charge in [-0.1, -0.05) is 0 Å². The van der Waals surface area contributed by atoms with E-state index in [2.05, 4.69) is 15.0 Å². The van der Waals surface area contributed by atoms with Crippen LogP contribution in [0.1, 0.15) is 12.8 Å². The van der Waals surface area contributed by atoms with Gasteiger partial charge in [0.1, 0.15) is 0 Å². The van der Waals surface area contributed by atoms with Crippen LogP contribution in [0.2, 0.25) is 0 Å². The van der Waals surface area contributed by atoms with Gasteiger partial charge in [0.05, 0.1) is 39.1 Å². The molecule has 0 saturated carbocycles. The smallest absolute Gasteiger partial charge is 0.235 e. The van der Waals surface area contributed by atoms with Crippen LogP contribution in [0.15, 0.2) is 10.1 Å².